The van der Waals surface area contributed by atoms with Crippen molar-refractivity contribution in [3.63, 3.8) is 0 Å². The lowest BCUT2D eigenvalue weighted by atomic mass is 10.1. The normalized spacial score (nSPS) is 18.2. The number of aromatic amines is 1. The summed E-state index contributed by atoms with van der Waals surface area (Å²) in [5.41, 5.74) is 0.766. The van der Waals surface area contributed by atoms with Crippen molar-refractivity contribution in [1.82, 2.24) is 25.5 Å². The number of rotatable bonds is 7. The summed E-state index contributed by atoms with van der Waals surface area (Å²) in [7, 11) is 0. The molecule has 0 unspecified atom stereocenters. The van der Waals surface area contributed by atoms with Crippen LogP contribution in [0.1, 0.15) is 38.8 Å². The predicted octanol–water partition coefficient (Wildman–Crippen LogP) is -0.0259. The summed E-state index contributed by atoms with van der Waals surface area (Å²) >= 11 is 0. The highest BCUT2D eigenvalue weighted by Gasteiger charge is 2.34. The quantitative estimate of drug-likeness (QED) is 0.650. The van der Waals surface area contributed by atoms with Crippen molar-refractivity contribution in [2.45, 2.75) is 51.6 Å². The minimum Gasteiger partial charge on any atom is -0.354 e. The monoisotopic (exact) mass is 335 g/mol. The van der Waals surface area contributed by atoms with E-state index in [0.717, 1.165) is 18.5 Å². The zero-order valence-corrected chi connectivity index (χ0v) is 14.2. The molecular formula is C16H25N5O3. The van der Waals surface area contributed by atoms with Crippen LogP contribution in [-0.2, 0) is 20.8 Å². The van der Waals surface area contributed by atoms with Crippen LogP contribution in [0.25, 0.3) is 0 Å². The Morgan fingerprint density at radius 1 is 1.46 bits per heavy atom. The smallest absolute Gasteiger partial charge is 0.243 e. The van der Waals surface area contributed by atoms with Crippen molar-refractivity contribution in [3.8, 4) is 0 Å². The molecule has 1 aromatic rings. The van der Waals surface area contributed by atoms with Crippen LogP contribution >= 0.6 is 0 Å². The average Bonchev–Trinajstić information content (AvgIpc) is 3.22. The summed E-state index contributed by atoms with van der Waals surface area (Å²) in [5.74, 6) is -0.626. The van der Waals surface area contributed by atoms with Crippen LogP contribution in [0.4, 0.5) is 0 Å². The van der Waals surface area contributed by atoms with Gasteiger partial charge in [-0.25, -0.2) is 4.98 Å². The summed E-state index contributed by atoms with van der Waals surface area (Å²) in [6.45, 7) is 4.56. The second-order valence-electron chi connectivity index (χ2n) is 6.00. The molecule has 2 rings (SSSR count). The number of carbonyl (C=O) groups excluding carboxylic acids is 3. The third-order valence-electron chi connectivity index (χ3n) is 4.12. The van der Waals surface area contributed by atoms with Crippen molar-refractivity contribution >= 4 is 17.7 Å². The fourth-order valence-corrected chi connectivity index (χ4v) is 2.88. The molecule has 0 radical (unpaired) electrons. The van der Waals surface area contributed by atoms with E-state index in [-0.39, 0.29) is 17.7 Å². The van der Waals surface area contributed by atoms with E-state index in [1.807, 2.05) is 6.92 Å². The molecule has 3 N–H and O–H groups in total. The molecule has 1 aliphatic heterocycles. The first kappa shape index (κ1) is 18.0. The molecule has 8 heteroatoms. The van der Waals surface area contributed by atoms with Gasteiger partial charge in [-0.3, -0.25) is 14.4 Å². The molecule has 8 nitrogen and oxygen atoms in total. The summed E-state index contributed by atoms with van der Waals surface area (Å²) in [4.78, 5) is 45.0. The molecule has 0 bridgehead atoms. The zero-order chi connectivity index (χ0) is 17.5. The lowest BCUT2D eigenvalue weighted by Gasteiger charge is -2.25. The van der Waals surface area contributed by atoms with Crippen LogP contribution < -0.4 is 10.6 Å². The molecule has 0 spiro atoms. The lowest BCUT2D eigenvalue weighted by Crippen LogP contribution is -2.53. The highest BCUT2D eigenvalue weighted by molar-refractivity contribution is 5.92. The largest absolute Gasteiger partial charge is 0.354 e. The van der Waals surface area contributed by atoms with E-state index in [1.54, 1.807) is 11.1 Å². The third-order valence-corrected chi connectivity index (χ3v) is 4.12. The number of amides is 3. The van der Waals surface area contributed by atoms with E-state index >= 15 is 0 Å². The van der Waals surface area contributed by atoms with Crippen molar-refractivity contribution in [2.24, 2.45) is 0 Å². The number of aromatic nitrogens is 2. The van der Waals surface area contributed by atoms with Crippen LogP contribution in [0.15, 0.2) is 12.5 Å². The molecule has 1 aromatic heterocycles. The van der Waals surface area contributed by atoms with Gasteiger partial charge in [-0.2, -0.15) is 0 Å². The van der Waals surface area contributed by atoms with Gasteiger partial charge < -0.3 is 20.5 Å². The van der Waals surface area contributed by atoms with Crippen LogP contribution in [0, 0.1) is 0 Å². The van der Waals surface area contributed by atoms with Gasteiger partial charge in [-0.15, -0.1) is 0 Å². The van der Waals surface area contributed by atoms with E-state index in [2.05, 4.69) is 20.6 Å². The van der Waals surface area contributed by atoms with Gasteiger partial charge in [0.25, 0.3) is 0 Å². The van der Waals surface area contributed by atoms with Crippen LogP contribution in [0.3, 0.4) is 0 Å². The van der Waals surface area contributed by atoms with Gasteiger partial charge in [-0.05, 0) is 19.3 Å². The Hall–Kier alpha value is -2.38. The molecule has 3 amide bonds. The zero-order valence-electron chi connectivity index (χ0n) is 14.2. The Bertz CT molecular complexity index is 572. The Morgan fingerprint density at radius 3 is 2.88 bits per heavy atom. The first-order chi connectivity index (χ1) is 11.5. The Balaban J connectivity index is 2.04. The SMILES string of the molecule is CCCNC(=O)[C@H](Cc1cnc[nH]1)NC(=O)[C@@H]1CCCN1C(C)=O. The number of carbonyl (C=O) groups is 3. The molecule has 0 aliphatic carbocycles. The number of likely N-dealkylation sites (tertiary alicyclic amines) is 1. The maximum atomic E-state index is 12.6. The summed E-state index contributed by atoms with van der Waals surface area (Å²) in [6.07, 6.45) is 5.73. The summed E-state index contributed by atoms with van der Waals surface area (Å²) in [5, 5.41) is 5.60. The second kappa shape index (κ2) is 8.47. The molecule has 24 heavy (non-hydrogen) atoms. The van der Waals surface area contributed by atoms with Gasteiger partial charge in [0.1, 0.15) is 12.1 Å². The molecule has 1 aliphatic rings. The van der Waals surface area contributed by atoms with Gasteiger partial charge in [0, 0.05) is 38.3 Å². The maximum absolute atomic E-state index is 12.6. The molecule has 0 saturated carbocycles. The number of imidazole rings is 1. The van der Waals surface area contributed by atoms with Gasteiger partial charge in [0.15, 0.2) is 0 Å². The number of hydrogen-bond acceptors (Lipinski definition) is 4. The molecule has 2 atom stereocenters. The Kier molecular flexibility index (Phi) is 6.34. The fourth-order valence-electron chi connectivity index (χ4n) is 2.88. The second-order valence-corrected chi connectivity index (χ2v) is 6.00. The topological polar surface area (TPSA) is 107 Å². The first-order valence-corrected chi connectivity index (χ1v) is 8.35. The summed E-state index contributed by atoms with van der Waals surface area (Å²) < 4.78 is 0. The van der Waals surface area contributed by atoms with E-state index in [9.17, 15) is 14.4 Å². The molecule has 1 fully saturated rings. The number of nitrogens with one attached hydrogen (secondary N) is 3. The van der Waals surface area contributed by atoms with E-state index < -0.39 is 12.1 Å². The molecule has 1 saturated heterocycles. The number of nitrogens with zero attached hydrogens (tertiary/aromatic N) is 2. The Morgan fingerprint density at radius 2 is 2.25 bits per heavy atom. The van der Waals surface area contributed by atoms with Crippen LogP contribution in [-0.4, -0.2) is 57.8 Å². The molecule has 132 valence electrons. The van der Waals surface area contributed by atoms with Crippen LogP contribution in [0.5, 0.6) is 0 Å². The van der Waals surface area contributed by atoms with Crippen molar-refractivity contribution in [1.29, 1.82) is 0 Å². The molecular weight excluding hydrogens is 310 g/mol. The van der Waals surface area contributed by atoms with Gasteiger partial charge in [0.05, 0.1) is 6.33 Å². The number of hydrogen-bond donors (Lipinski definition) is 3. The predicted molar refractivity (Wildman–Crippen MR) is 87.9 cm³/mol. The highest BCUT2D eigenvalue weighted by atomic mass is 16.2. The van der Waals surface area contributed by atoms with Gasteiger partial charge >= 0.3 is 0 Å². The van der Waals surface area contributed by atoms with E-state index in [4.69, 9.17) is 0 Å². The Labute approximate surface area is 141 Å². The van der Waals surface area contributed by atoms with Crippen LogP contribution in [0.2, 0.25) is 0 Å². The molecule has 0 aromatic carbocycles. The first-order valence-electron chi connectivity index (χ1n) is 8.35. The number of H-pyrrole nitrogens is 1. The average molecular weight is 335 g/mol. The van der Waals surface area contributed by atoms with E-state index in [1.165, 1.54) is 13.3 Å². The standard InChI is InChI=1S/C16H25N5O3/c1-3-6-18-15(23)13(8-12-9-17-10-19-12)20-16(24)14-5-4-7-21(14)11(2)22/h9-10,13-14H,3-8H2,1-2H3,(H,17,19)(H,18,23)(H,20,24)/t13-,14-/m0/s1. The molecule has 2 heterocycles. The van der Waals surface area contributed by atoms with Gasteiger partial charge in [-0.1, -0.05) is 6.92 Å². The van der Waals surface area contributed by atoms with E-state index in [0.29, 0.717) is 25.9 Å². The van der Waals surface area contributed by atoms with Crippen molar-refractivity contribution in [2.75, 3.05) is 13.1 Å². The maximum Gasteiger partial charge on any atom is 0.243 e. The lowest BCUT2D eigenvalue weighted by molar-refractivity contribution is -0.138. The minimum absolute atomic E-state index is 0.117. The highest BCUT2D eigenvalue weighted by Crippen LogP contribution is 2.17. The van der Waals surface area contributed by atoms with Crippen molar-refractivity contribution < 1.29 is 14.4 Å². The third kappa shape index (κ3) is 4.56. The minimum atomic E-state index is -0.695. The summed E-state index contributed by atoms with van der Waals surface area (Å²) in [6, 6.07) is -1.19. The fraction of sp³-hybridized carbons (Fsp3) is 0.625. The van der Waals surface area contributed by atoms with Gasteiger partial charge in [0.2, 0.25) is 17.7 Å². The van der Waals surface area contributed by atoms with Crippen molar-refractivity contribution in [3.05, 3.63) is 18.2 Å².